The monoisotopic (exact) mass is 245 g/mol. The zero-order valence-corrected chi connectivity index (χ0v) is 11.4. The molecule has 2 N–H and O–H groups in total. The minimum atomic E-state index is -0.160. The van der Waals surface area contributed by atoms with E-state index >= 15 is 0 Å². The van der Waals surface area contributed by atoms with E-state index in [-0.39, 0.29) is 5.97 Å². The van der Waals surface area contributed by atoms with Crippen LogP contribution in [0.3, 0.4) is 0 Å². The van der Waals surface area contributed by atoms with Gasteiger partial charge in [0.2, 0.25) is 0 Å². The van der Waals surface area contributed by atoms with Crippen LogP contribution >= 0.6 is 0 Å². The fourth-order valence-electron chi connectivity index (χ4n) is 1.50. The van der Waals surface area contributed by atoms with Gasteiger partial charge in [0.25, 0.3) is 0 Å². The highest BCUT2D eigenvalue weighted by Gasteiger charge is 1.99. The van der Waals surface area contributed by atoms with Crippen LogP contribution in [0.1, 0.15) is 20.3 Å². The minimum Gasteiger partial charge on any atom is -0.469 e. The van der Waals surface area contributed by atoms with Crippen molar-refractivity contribution in [1.82, 2.24) is 15.5 Å². The zero-order valence-electron chi connectivity index (χ0n) is 11.4. The fraction of sp³-hybridized carbons (Fsp3) is 0.917. The molecular weight excluding hydrogens is 218 g/mol. The minimum absolute atomic E-state index is 0.160. The number of likely N-dealkylation sites (N-methyl/N-ethyl adjacent to an activating group) is 1. The van der Waals surface area contributed by atoms with Gasteiger partial charge < -0.3 is 20.3 Å². The van der Waals surface area contributed by atoms with Crippen LogP contribution in [0.2, 0.25) is 0 Å². The Labute approximate surface area is 105 Å². The highest BCUT2D eigenvalue weighted by Crippen LogP contribution is 1.83. The molecule has 0 rings (SSSR count). The Balaban J connectivity index is 3.16. The smallest absolute Gasteiger partial charge is 0.306 e. The van der Waals surface area contributed by atoms with Crippen LogP contribution < -0.4 is 10.6 Å². The molecule has 0 unspecified atom stereocenters. The number of carbonyl (C=O) groups excluding carboxylic acids is 1. The molecule has 17 heavy (non-hydrogen) atoms. The summed E-state index contributed by atoms with van der Waals surface area (Å²) in [4.78, 5) is 13.2. The first-order valence-corrected chi connectivity index (χ1v) is 6.45. The molecule has 0 spiro atoms. The van der Waals surface area contributed by atoms with Crippen molar-refractivity contribution in [3.8, 4) is 0 Å². The highest BCUT2D eigenvalue weighted by atomic mass is 16.5. The van der Waals surface area contributed by atoms with E-state index < -0.39 is 0 Å². The van der Waals surface area contributed by atoms with Crippen LogP contribution in [-0.2, 0) is 9.53 Å². The van der Waals surface area contributed by atoms with Crippen molar-refractivity contribution >= 4 is 5.97 Å². The molecule has 0 aromatic carbocycles. The quantitative estimate of drug-likeness (QED) is 0.398. The number of ether oxygens (including phenoxy) is 1. The molecule has 0 saturated carbocycles. The average Bonchev–Trinajstić information content (AvgIpc) is 2.36. The van der Waals surface area contributed by atoms with E-state index in [1.54, 1.807) is 0 Å². The lowest BCUT2D eigenvalue weighted by Gasteiger charge is -2.17. The van der Waals surface area contributed by atoms with Crippen LogP contribution in [0.4, 0.5) is 0 Å². The molecule has 0 radical (unpaired) electrons. The van der Waals surface area contributed by atoms with Crippen molar-refractivity contribution in [3.05, 3.63) is 0 Å². The highest BCUT2D eigenvalue weighted by molar-refractivity contribution is 5.69. The van der Waals surface area contributed by atoms with Gasteiger partial charge in [0.15, 0.2) is 0 Å². The number of carbonyl (C=O) groups is 1. The third-order valence-corrected chi connectivity index (χ3v) is 2.71. The van der Waals surface area contributed by atoms with Crippen molar-refractivity contribution in [3.63, 3.8) is 0 Å². The normalized spacial score (nSPS) is 10.8. The molecule has 5 nitrogen and oxygen atoms in total. The van der Waals surface area contributed by atoms with E-state index in [4.69, 9.17) is 0 Å². The first-order valence-electron chi connectivity index (χ1n) is 6.45. The molecular formula is C12H27N3O2. The van der Waals surface area contributed by atoms with E-state index in [2.05, 4.69) is 34.1 Å². The lowest BCUT2D eigenvalue weighted by Crippen LogP contribution is -2.35. The molecule has 0 heterocycles. The Morgan fingerprint density at radius 1 is 1.06 bits per heavy atom. The molecule has 0 atom stereocenters. The van der Waals surface area contributed by atoms with Gasteiger partial charge in [-0.3, -0.25) is 4.79 Å². The van der Waals surface area contributed by atoms with Crippen molar-refractivity contribution in [2.45, 2.75) is 20.3 Å². The molecule has 0 amide bonds. The molecule has 0 fully saturated rings. The zero-order chi connectivity index (χ0) is 12.9. The molecule has 0 aromatic heterocycles. The van der Waals surface area contributed by atoms with Crippen molar-refractivity contribution in [1.29, 1.82) is 0 Å². The Morgan fingerprint density at radius 2 is 1.65 bits per heavy atom. The van der Waals surface area contributed by atoms with Gasteiger partial charge in [-0.25, -0.2) is 0 Å². The van der Waals surface area contributed by atoms with E-state index in [0.717, 1.165) is 39.3 Å². The van der Waals surface area contributed by atoms with E-state index in [1.807, 2.05) is 0 Å². The van der Waals surface area contributed by atoms with Crippen molar-refractivity contribution < 1.29 is 9.53 Å². The second-order valence-corrected chi connectivity index (χ2v) is 3.85. The summed E-state index contributed by atoms with van der Waals surface area (Å²) < 4.78 is 4.55. The molecule has 0 aliphatic heterocycles. The van der Waals surface area contributed by atoms with Crippen LogP contribution in [-0.4, -0.2) is 63.8 Å². The first-order chi connectivity index (χ1) is 8.24. The summed E-state index contributed by atoms with van der Waals surface area (Å²) >= 11 is 0. The summed E-state index contributed by atoms with van der Waals surface area (Å²) in [5, 5.41) is 6.56. The Hall–Kier alpha value is -0.650. The Morgan fingerprint density at radius 3 is 2.18 bits per heavy atom. The molecule has 5 heteroatoms. The molecule has 0 bridgehead atoms. The van der Waals surface area contributed by atoms with Crippen molar-refractivity contribution in [2.75, 3.05) is 52.9 Å². The number of rotatable bonds is 11. The third kappa shape index (κ3) is 10.2. The molecule has 0 aliphatic rings. The van der Waals surface area contributed by atoms with E-state index in [0.29, 0.717) is 13.0 Å². The lowest BCUT2D eigenvalue weighted by atomic mass is 10.4. The largest absolute Gasteiger partial charge is 0.469 e. The second-order valence-electron chi connectivity index (χ2n) is 3.85. The predicted octanol–water partition coefficient (Wildman–Crippen LogP) is 0.0705. The summed E-state index contributed by atoms with van der Waals surface area (Å²) in [6.45, 7) is 11.2. The van der Waals surface area contributed by atoms with Gasteiger partial charge in [-0.05, 0) is 13.1 Å². The Bertz CT molecular complexity index is 185. The fourth-order valence-corrected chi connectivity index (χ4v) is 1.50. The van der Waals surface area contributed by atoms with Crippen LogP contribution in [0.15, 0.2) is 0 Å². The number of hydrogen-bond donors (Lipinski definition) is 2. The first kappa shape index (κ1) is 16.4. The SMILES string of the molecule is CCN(CC)CCNCCNCCC(=O)OC. The summed E-state index contributed by atoms with van der Waals surface area (Å²) in [5.41, 5.74) is 0. The average molecular weight is 245 g/mol. The maximum absolute atomic E-state index is 10.8. The standard InChI is InChI=1S/C12H27N3O2/c1-4-15(5-2)11-10-14-9-8-13-7-6-12(16)17-3/h13-14H,4-11H2,1-3H3. The number of nitrogens with one attached hydrogen (secondary N) is 2. The Kier molecular flexibility index (Phi) is 11.4. The number of esters is 1. The predicted molar refractivity (Wildman–Crippen MR) is 70.2 cm³/mol. The maximum atomic E-state index is 10.8. The van der Waals surface area contributed by atoms with Gasteiger partial charge in [-0.15, -0.1) is 0 Å². The number of hydrogen-bond acceptors (Lipinski definition) is 5. The molecule has 0 aliphatic carbocycles. The van der Waals surface area contributed by atoms with Crippen molar-refractivity contribution in [2.24, 2.45) is 0 Å². The molecule has 102 valence electrons. The topological polar surface area (TPSA) is 53.6 Å². The van der Waals surface area contributed by atoms with Gasteiger partial charge in [0.1, 0.15) is 0 Å². The van der Waals surface area contributed by atoms with Crippen LogP contribution in [0, 0.1) is 0 Å². The summed E-state index contributed by atoms with van der Waals surface area (Å²) in [5.74, 6) is -0.160. The number of nitrogens with zero attached hydrogens (tertiary/aromatic N) is 1. The van der Waals surface area contributed by atoms with Crippen LogP contribution in [0.5, 0.6) is 0 Å². The molecule has 0 saturated heterocycles. The van der Waals surface area contributed by atoms with Crippen LogP contribution in [0.25, 0.3) is 0 Å². The number of methoxy groups -OCH3 is 1. The summed E-state index contributed by atoms with van der Waals surface area (Å²) in [6.07, 6.45) is 0.440. The molecule has 0 aromatic rings. The van der Waals surface area contributed by atoms with E-state index in [1.165, 1.54) is 7.11 Å². The van der Waals surface area contributed by atoms with E-state index in [9.17, 15) is 4.79 Å². The lowest BCUT2D eigenvalue weighted by molar-refractivity contribution is -0.140. The van der Waals surface area contributed by atoms with Gasteiger partial charge >= 0.3 is 5.97 Å². The van der Waals surface area contributed by atoms with Gasteiger partial charge in [0, 0.05) is 32.7 Å². The maximum Gasteiger partial charge on any atom is 0.306 e. The third-order valence-electron chi connectivity index (χ3n) is 2.71. The van der Waals surface area contributed by atoms with Gasteiger partial charge in [0.05, 0.1) is 13.5 Å². The summed E-state index contributed by atoms with van der Waals surface area (Å²) in [6, 6.07) is 0. The van der Waals surface area contributed by atoms with Gasteiger partial charge in [-0.2, -0.15) is 0 Å². The second kappa shape index (κ2) is 11.8. The summed E-state index contributed by atoms with van der Waals surface area (Å²) in [7, 11) is 1.41. The van der Waals surface area contributed by atoms with Gasteiger partial charge in [-0.1, -0.05) is 13.8 Å².